The van der Waals surface area contributed by atoms with Gasteiger partial charge in [0.1, 0.15) is 5.75 Å². The van der Waals surface area contributed by atoms with Crippen LogP contribution in [0.2, 0.25) is 0 Å². The summed E-state index contributed by atoms with van der Waals surface area (Å²) >= 11 is 0. The molecule has 0 amide bonds. The minimum atomic E-state index is -0.514. The molecule has 0 aliphatic carbocycles. The maximum absolute atomic E-state index is 11.3. The molecule has 0 spiro atoms. The molecule has 1 aromatic rings. The van der Waals surface area contributed by atoms with E-state index in [0.717, 1.165) is 0 Å². The molecule has 1 rings (SSSR count). The summed E-state index contributed by atoms with van der Waals surface area (Å²) in [7, 11) is 1.27. The first kappa shape index (κ1) is 13.8. The van der Waals surface area contributed by atoms with Gasteiger partial charge in [-0.1, -0.05) is 0 Å². The number of rotatable bonds is 4. The van der Waals surface area contributed by atoms with Gasteiger partial charge in [0.05, 0.1) is 19.3 Å². The molecule has 0 saturated heterocycles. The minimum Gasteiger partial charge on any atom is -0.507 e. The Balaban J connectivity index is 2.94. The normalized spacial score (nSPS) is 10.3. The molecule has 5 heteroatoms. The highest BCUT2D eigenvalue weighted by Crippen LogP contribution is 2.20. The van der Waals surface area contributed by atoms with Crippen LogP contribution in [0, 0.1) is 0 Å². The van der Waals surface area contributed by atoms with Crippen molar-refractivity contribution in [2.75, 3.05) is 13.7 Å². The van der Waals surface area contributed by atoms with Crippen LogP contribution >= 0.6 is 0 Å². The molecule has 96 valence electrons. The molecule has 5 nitrogen and oxygen atoms in total. The van der Waals surface area contributed by atoms with Crippen LogP contribution < -0.4 is 0 Å². The smallest absolute Gasteiger partial charge is 0.337 e. The van der Waals surface area contributed by atoms with Crippen molar-refractivity contribution in [2.24, 2.45) is 0 Å². The van der Waals surface area contributed by atoms with E-state index in [1.807, 2.05) is 0 Å². The summed E-state index contributed by atoms with van der Waals surface area (Å²) in [6, 6.07) is 4.22. The Kier molecular flexibility index (Phi) is 4.92. The van der Waals surface area contributed by atoms with Crippen molar-refractivity contribution in [3.05, 3.63) is 35.4 Å². The van der Waals surface area contributed by atoms with Crippen LogP contribution in [-0.2, 0) is 14.3 Å². The summed E-state index contributed by atoms with van der Waals surface area (Å²) in [6.07, 6.45) is 2.55. The average molecular weight is 250 g/mol. The van der Waals surface area contributed by atoms with Gasteiger partial charge in [0.25, 0.3) is 0 Å². The minimum absolute atomic E-state index is 0.0387. The zero-order valence-corrected chi connectivity index (χ0v) is 10.2. The monoisotopic (exact) mass is 250 g/mol. The number of hydrogen-bond donors (Lipinski definition) is 1. The first-order valence-electron chi connectivity index (χ1n) is 5.34. The second-order valence-electron chi connectivity index (χ2n) is 3.35. The summed E-state index contributed by atoms with van der Waals surface area (Å²) in [5.41, 5.74) is 0.629. The van der Waals surface area contributed by atoms with Gasteiger partial charge in [0.15, 0.2) is 0 Å². The van der Waals surface area contributed by atoms with Gasteiger partial charge >= 0.3 is 11.9 Å². The van der Waals surface area contributed by atoms with Crippen LogP contribution in [-0.4, -0.2) is 30.8 Å². The Bertz CT molecular complexity index is 476. The van der Waals surface area contributed by atoms with E-state index in [0.29, 0.717) is 11.1 Å². The summed E-state index contributed by atoms with van der Waals surface area (Å²) in [5, 5.41) is 9.58. The van der Waals surface area contributed by atoms with Crippen LogP contribution in [0.1, 0.15) is 22.8 Å². The highest BCUT2D eigenvalue weighted by atomic mass is 16.5. The van der Waals surface area contributed by atoms with Crippen molar-refractivity contribution in [2.45, 2.75) is 6.92 Å². The number of carbonyl (C=O) groups is 2. The molecule has 0 saturated carbocycles. The summed E-state index contributed by atoms with van der Waals surface area (Å²) < 4.78 is 9.26. The zero-order chi connectivity index (χ0) is 13.5. The standard InChI is InChI=1S/C13H14O5/c1-3-18-12(15)7-5-9-8-10(13(16)17-2)4-6-11(9)14/h4-8,14H,3H2,1-2H3/b7-5+. The molecule has 0 aliphatic heterocycles. The van der Waals surface area contributed by atoms with Crippen LogP contribution in [0.15, 0.2) is 24.3 Å². The van der Waals surface area contributed by atoms with Gasteiger partial charge in [-0.05, 0) is 31.2 Å². The first-order chi connectivity index (χ1) is 8.58. The first-order valence-corrected chi connectivity index (χ1v) is 5.34. The fourth-order valence-corrected chi connectivity index (χ4v) is 1.28. The molecular formula is C13H14O5. The number of phenols is 1. The molecular weight excluding hydrogens is 236 g/mol. The van der Waals surface area contributed by atoms with Crippen LogP contribution in [0.4, 0.5) is 0 Å². The zero-order valence-electron chi connectivity index (χ0n) is 10.2. The summed E-state index contributed by atoms with van der Waals surface area (Å²) in [6.45, 7) is 1.97. The molecule has 0 unspecified atom stereocenters. The van der Waals surface area contributed by atoms with E-state index in [2.05, 4.69) is 4.74 Å². The third-order valence-corrected chi connectivity index (χ3v) is 2.13. The number of phenolic OH excluding ortho intramolecular Hbond substituents is 1. The van der Waals surface area contributed by atoms with E-state index < -0.39 is 11.9 Å². The van der Waals surface area contributed by atoms with Gasteiger partial charge in [0.2, 0.25) is 0 Å². The fourth-order valence-electron chi connectivity index (χ4n) is 1.28. The van der Waals surface area contributed by atoms with Crippen molar-refractivity contribution >= 4 is 18.0 Å². The van der Waals surface area contributed by atoms with Crippen LogP contribution in [0.3, 0.4) is 0 Å². The van der Waals surface area contributed by atoms with E-state index in [9.17, 15) is 14.7 Å². The molecule has 18 heavy (non-hydrogen) atoms. The molecule has 0 aliphatic rings. The lowest BCUT2D eigenvalue weighted by molar-refractivity contribution is -0.137. The van der Waals surface area contributed by atoms with Gasteiger partial charge in [-0.2, -0.15) is 0 Å². The lowest BCUT2D eigenvalue weighted by Gasteiger charge is -2.03. The topological polar surface area (TPSA) is 72.8 Å². The molecule has 0 bridgehead atoms. The van der Waals surface area contributed by atoms with Crippen LogP contribution in [0.25, 0.3) is 6.08 Å². The Morgan fingerprint density at radius 3 is 2.72 bits per heavy atom. The number of aromatic hydroxyl groups is 1. The second kappa shape index (κ2) is 6.44. The lowest BCUT2D eigenvalue weighted by atomic mass is 10.1. The number of hydrogen-bond acceptors (Lipinski definition) is 5. The average Bonchev–Trinajstić information content (AvgIpc) is 2.37. The maximum atomic E-state index is 11.3. The van der Waals surface area contributed by atoms with E-state index in [-0.39, 0.29) is 12.4 Å². The van der Waals surface area contributed by atoms with Gasteiger partial charge in [-0.3, -0.25) is 0 Å². The Labute approximate surface area is 105 Å². The predicted octanol–water partition coefficient (Wildman–Crippen LogP) is 1.76. The molecule has 0 atom stereocenters. The fraction of sp³-hybridized carbons (Fsp3) is 0.231. The van der Waals surface area contributed by atoms with Gasteiger partial charge in [-0.15, -0.1) is 0 Å². The van der Waals surface area contributed by atoms with E-state index in [1.54, 1.807) is 6.92 Å². The van der Waals surface area contributed by atoms with Gasteiger partial charge < -0.3 is 14.6 Å². The predicted molar refractivity (Wildman–Crippen MR) is 65.1 cm³/mol. The van der Waals surface area contributed by atoms with Gasteiger partial charge in [0, 0.05) is 11.6 Å². The van der Waals surface area contributed by atoms with Crippen molar-refractivity contribution in [3.8, 4) is 5.75 Å². The Morgan fingerprint density at radius 2 is 2.11 bits per heavy atom. The molecule has 0 aromatic heterocycles. The largest absolute Gasteiger partial charge is 0.507 e. The Morgan fingerprint density at radius 1 is 1.39 bits per heavy atom. The third kappa shape index (κ3) is 3.62. The van der Waals surface area contributed by atoms with Crippen molar-refractivity contribution in [1.29, 1.82) is 0 Å². The van der Waals surface area contributed by atoms with Crippen molar-refractivity contribution in [1.82, 2.24) is 0 Å². The molecule has 0 radical (unpaired) electrons. The van der Waals surface area contributed by atoms with Crippen molar-refractivity contribution < 1.29 is 24.2 Å². The number of ether oxygens (including phenoxy) is 2. The quantitative estimate of drug-likeness (QED) is 0.651. The third-order valence-electron chi connectivity index (χ3n) is 2.13. The number of carbonyl (C=O) groups excluding carboxylic acids is 2. The molecule has 0 heterocycles. The van der Waals surface area contributed by atoms with Crippen molar-refractivity contribution in [3.63, 3.8) is 0 Å². The number of esters is 2. The number of benzene rings is 1. The SMILES string of the molecule is CCOC(=O)/C=C/c1cc(C(=O)OC)ccc1O. The molecule has 0 fully saturated rings. The molecule has 1 N–H and O–H groups in total. The van der Waals surface area contributed by atoms with Gasteiger partial charge in [-0.25, -0.2) is 9.59 Å². The second-order valence-corrected chi connectivity index (χ2v) is 3.35. The van der Waals surface area contributed by atoms with E-state index in [4.69, 9.17) is 4.74 Å². The number of methoxy groups -OCH3 is 1. The summed E-state index contributed by atoms with van der Waals surface area (Å²) in [4.78, 5) is 22.4. The highest BCUT2D eigenvalue weighted by Gasteiger charge is 2.08. The van der Waals surface area contributed by atoms with E-state index in [1.165, 1.54) is 37.5 Å². The lowest BCUT2D eigenvalue weighted by Crippen LogP contribution is -2.01. The van der Waals surface area contributed by atoms with Crippen LogP contribution in [0.5, 0.6) is 5.75 Å². The summed E-state index contributed by atoms with van der Waals surface area (Å²) in [5.74, 6) is -1.07. The maximum Gasteiger partial charge on any atom is 0.337 e. The molecule has 1 aromatic carbocycles. The highest BCUT2D eigenvalue weighted by molar-refractivity contribution is 5.92. The Hall–Kier alpha value is -2.30. The van der Waals surface area contributed by atoms with E-state index >= 15 is 0 Å².